The summed E-state index contributed by atoms with van der Waals surface area (Å²) in [6.07, 6.45) is 12.5. The molecule has 0 aliphatic heterocycles. The molecule has 164 valence electrons. The molecule has 2 aromatic carbocycles. The number of halogens is 1. The third-order valence-electron chi connectivity index (χ3n) is 5.63. The van der Waals surface area contributed by atoms with Crippen LogP contribution in [0, 0.1) is 12.3 Å². The quantitative estimate of drug-likeness (QED) is 0.353. The predicted molar refractivity (Wildman–Crippen MR) is 130 cm³/mol. The Labute approximate surface area is 195 Å². The minimum absolute atomic E-state index is 0.0869. The van der Waals surface area contributed by atoms with Gasteiger partial charge in [0, 0.05) is 16.0 Å². The summed E-state index contributed by atoms with van der Waals surface area (Å²) in [4.78, 5) is 18.2. The number of benzene rings is 2. The molecule has 3 aromatic rings. The van der Waals surface area contributed by atoms with Crippen LogP contribution < -0.4 is 15.0 Å². The molecule has 0 saturated heterocycles. The number of nitrogens with zero attached hydrogens (tertiary/aromatic N) is 3. The fourth-order valence-electron chi connectivity index (χ4n) is 4.10. The molecule has 0 unspecified atom stereocenters. The Hall–Kier alpha value is -3.11. The zero-order valence-electron chi connectivity index (χ0n) is 17.9. The lowest BCUT2D eigenvalue weighted by Crippen LogP contribution is -2.25. The Morgan fingerprint density at radius 1 is 1.28 bits per heavy atom. The van der Waals surface area contributed by atoms with E-state index in [1.807, 2.05) is 24.3 Å². The van der Waals surface area contributed by atoms with Gasteiger partial charge < -0.3 is 9.47 Å². The van der Waals surface area contributed by atoms with E-state index in [1.54, 1.807) is 25.5 Å². The van der Waals surface area contributed by atoms with Crippen molar-refractivity contribution in [1.29, 1.82) is 0 Å². The van der Waals surface area contributed by atoms with Crippen molar-refractivity contribution in [3.05, 3.63) is 62.6 Å². The molecule has 1 heterocycles. The second-order valence-corrected chi connectivity index (χ2v) is 8.62. The molecule has 7 heteroatoms. The zero-order chi connectivity index (χ0) is 22.5. The highest BCUT2D eigenvalue weighted by atomic mass is 79.9. The van der Waals surface area contributed by atoms with Gasteiger partial charge in [-0.15, -0.1) is 6.42 Å². The standard InChI is InChI=1S/C25H24BrN3O3/c1-3-13-32-23-18(14-19(26)15-22(23)31-2)16-27-29-24(17-9-5-4-6-10-17)28-21-12-8-7-11-20(21)25(29)30/h1,7-8,11-12,14-17H,4-6,9-10,13H2,2H3. The first-order valence-corrected chi connectivity index (χ1v) is 11.4. The number of fused-ring (bicyclic) bond motifs is 1. The molecule has 0 N–H and O–H groups in total. The van der Waals surface area contributed by atoms with Crippen molar-refractivity contribution in [1.82, 2.24) is 9.66 Å². The topological polar surface area (TPSA) is 65.7 Å². The van der Waals surface area contributed by atoms with Crippen LogP contribution >= 0.6 is 15.9 Å². The summed E-state index contributed by atoms with van der Waals surface area (Å²) in [7, 11) is 1.56. The van der Waals surface area contributed by atoms with Crippen molar-refractivity contribution in [3.63, 3.8) is 0 Å². The van der Waals surface area contributed by atoms with E-state index in [9.17, 15) is 4.79 Å². The van der Waals surface area contributed by atoms with Crippen LogP contribution in [0.25, 0.3) is 10.9 Å². The second-order valence-electron chi connectivity index (χ2n) is 7.70. The van der Waals surface area contributed by atoms with Crippen LogP contribution in [0.5, 0.6) is 11.5 Å². The number of rotatable bonds is 6. The second kappa shape index (κ2) is 10.0. The molecule has 1 aliphatic rings. The van der Waals surface area contributed by atoms with Crippen LogP contribution in [0.15, 0.2) is 50.8 Å². The predicted octanol–water partition coefficient (Wildman–Crippen LogP) is 5.11. The molecule has 6 nitrogen and oxygen atoms in total. The third kappa shape index (κ3) is 4.56. The number of methoxy groups -OCH3 is 1. The first-order chi connectivity index (χ1) is 15.6. The Morgan fingerprint density at radius 3 is 2.81 bits per heavy atom. The van der Waals surface area contributed by atoms with Crippen LogP contribution in [0.1, 0.15) is 49.4 Å². The highest BCUT2D eigenvalue weighted by molar-refractivity contribution is 9.10. The normalized spacial score (nSPS) is 14.5. The SMILES string of the molecule is C#CCOc1c(C=Nn2c(C3CCCCC3)nc3ccccc3c2=O)cc(Br)cc1OC. The van der Waals surface area contributed by atoms with Gasteiger partial charge in [-0.2, -0.15) is 9.78 Å². The minimum Gasteiger partial charge on any atom is -0.493 e. The number of hydrogen-bond donors (Lipinski definition) is 0. The van der Waals surface area contributed by atoms with Crippen molar-refractivity contribution in [2.75, 3.05) is 13.7 Å². The van der Waals surface area contributed by atoms with E-state index in [-0.39, 0.29) is 18.1 Å². The molecule has 0 atom stereocenters. The van der Waals surface area contributed by atoms with Crippen LogP contribution in [0.4, 0.5) is 0 Å². The average Bonchev–Trinajstić information content (AvgIpc) is 2.82. The van der Waals surface area contributed by atoms with Gasteiger partial charge >= 0.3 is 0 Å². The molecule has 0 amide bonds. The molecule has 0 spiro atoms. The summed E-state index contributed by atoms with van der Waals surface area (Å²) < 4.78 is 13.4. The Balaban J connectivity index is 1.85. The van der Waals surface area contributed by atoms with E-state index in [2.05, 4.69) is 27.0 Å². The summed E-state index contributed by atoms with van der Waals surface area (Å²) in [5.41, 5.74) is 1.16. The van der Waals surface area contributed by atoms with Gasteiger partial charge in [0.25, 0.3) is 5.56 Å². The van der Waals surface area contributed by atoms with Crippen molar-refractivity contribution >= 4 is 33.0 Å². The van der Waals surface area contributed by atoms with Crippen LogP contribution in [0.2, 0.25) is 0 Å². The van der Waals surface area contributed by atoms with E-state index < -0.39 is 0 Å². The Kier molecular flexibility index (Phi) is 6.91. The van der Waals surface area contributed by atoms with Crippen LogP contribution in [-0.4, -0.2) is 29.6 Å². The molecule has 1 aliphatic carbocycles. The first-order valence-electron chi connectivity index (χ1n) is 10.6. The maximum atomic E-state index is 13.4. The van der Waals surface area contributed by atoms with Gasteiger partial charge in [-0.1, -0.05) is 53.2 Å². The highest BCUT2D eigenvalue weighted by Gasteiger charge is 2.22. The molecule has 32 heavy (non-hydrogen) atoms. The molecule has 1 fully saturated rings. The maximum absolute atomic E-state index is 13.4. The fourth-order valence-corrected chi connectivity index (χ4v) is 4.56. The zero-order valence-corrected chi connectivity index (χ0v) is 19.5. The fraction of sp³-hybridized carbons (Fsp3) is 0.320. The summed E-state index contributed by atoms with van der Waals surface area (Å²) in [6, 6.07) is 11.0. The lowest BCUT2D eigenvalue weighted by molar-refractivity contribution is 0.330. The first kappa shape index (κ1) is 22.1. The van der Waals surface area contributed by atoms with Gasteiger partial charge in [0.15, 0.2) is 11.5 Å². The van der Waals surface area contributed by atoms with E-state index in [0.29, 0.717) is 33.8 Å². The van der Waals surface area contributed by atoms with Gasteiger partial charge in [-0.25, -0.2) is 4.98 Å². The van der Waals surface area contributed by atoms with Crippen LogP contribution in [-0.2, 0) is 0 Å². The summed E-state index contributed by atoms with van der Waals surface area (Å²) in [6.45, 7) is 0.0869. The van der Waals surface area contributed by atoms with Crippen molar-refractivity contribution < 1.29 is 9.47 Å². The number of para-hydroxylation sites is 1. The molecule has 1 saturated carbocycles. The van der Waals surface area contributed by atoms with Gasteiger partial charge in [-0.3, -0.25) is 4.79 Å². The summed E-state index contributed by atoms with van der Waals surface area (Å²) in [5, 5.41) is 5.14. The summed E-state index contributed by atoms with van der Waals surface area (Å²) >= 11 is 3.49. The third-order valence-corrected chi connectivity index (χ3v) is 6.09. The molecule has 0 bridgehead atoms. The van der Waals surface area contributed by atoms with Crippen molar-refractivity contribution in [3.8, 4) is 23.8 Å². The lowest BCUT2D eigenvalue weighted by Gasteiger charge is -2.22. The summed E-state index contributed by atoms with van der Waals surface area (Å²) in [5.74, 6) is 4.36. The molecule has 1 aromatic heterocycles. The lowest BCUT2D eigenvalue weighted by atomic mass is 9.88. The van der Waals surface area contributed by atoms with Gasteiger partial charge in [0.2, 0.25) is 0 Å². The van der Waals surface area contributed by atoms with E-state index in [4.69, 9.17) is 20.9 Å². The van der Waals surface area contributed by atoms with E-state index >= 15 is 0 Å². The average molecular weight is 494 g/mol. The maximum Gasteiger partial charge on any atom is 0.282 e. The number of terminal acetylenes is 1. The van der Waals surface area contributed by atoms with Gasteiger partial charge in [-0.05, 0) is 37.1 Å². The molecular formula is C25H24BrN3O3. The Bertz CT molecular complexity index is 1250. The Morgan fingerprint density at radius 2 is 2.06 bits per heavy atom. The number of hydrogen-bond acceptors (Lipinski definition) is 5. The van der Waals surface area contributed by atoms with Gasteiger partial charge in [0.1, 0.15) is 12.4 Å². The van der Waals surface area contributed by atoms with E-state index in [0.717, 1.165) is 30.2 Å². The van der Waals surface area contributed by atoms with Crippen molar-refractivity contribution in [2.45, 2.75) is 38.0 Å². The number of ether oxygens (including phenoxy) is 2. The highest BCUT2D eigenvalue weighted by Crippen LogP contribution is 2.35. The smallest absolute Gasteiger partial charge is 0.282 e. The van der Waals surface area contributed by atoms with Gasteiger partial charge in [0.05, 0.1) is 24.2 Å². The van der Waals surface area contributed by atoms with Crippen molar-refractivity contribution in [2.24, 2.45) is 5.10 Å². The van der Waals surface area contributed by atoms with E-state index in [1.165, 1.54) is 11.1 Å². The van der Waals surface area contributed by atoms with Crippen LogP contribution in [0.3, 0.4) is 0 Å². The largest absolute Gasteiger partial charge is 0.493 e. The minimum atomic E-state index is -0.180. The number of aromatic nitrogens is 2. The molecule has 0 radical (unpaired) electrons. The molecule has 4 rings (SSSR count). The monoisotopic (exact) mass is 493 g/mol. The molecular weight excluding hydrogens is 470 g/mol.